The van der Waals surface area contributed by atoms with Crippen molar-refractivity contribution in [2.24, 2.45) is 12.5 Å². The summed E-state index contributed by atoms with van der Waals surface area (Å²) in [6.07, 6.45) is -1.44. The van der Waals surface area contributed by atoms with Gasteiger partial charge in [-0.15, -0.1) is 0 Å². The first-order valence-electron chi connectivity index (χ1n) is 14.2. The maximum atomic E-state index is 13.9. The lowest BCUT2D eigenvalue weighted by atomic mass is 9.95. The zero-order valence-corrected chi connectivity index (χ0v) is 23.8. The molecule has 2 fully saturated rings. The number of carbonyl (C=O) groups is 2. The van der Waals surface area contributed by atoms with Crippen molar-refractivity contribution in [1.82, 2.24) is 25.2 Å². The molecule has 2 aromatic heterocycles. The molecule has 14 heteroatoms. The molecule has 9 nitrogen and oxygen atoms in total. The maximum Gasteiger partial charge on any atom is 0.418 e. The van der Waals surface area contributed by atoms with Gasteiger partial charge in [0.1, 0.15) is 11.1 Å². The van der Waals surface area contributed by atoms with Crippen molar-refractivity contribution in [3.8, 4) is 5.88 Å². The van der Waals surface area contributed by atoms with E-state index < -0.39 is 36.1 Å². The molecule has 0 radical (unpaired) electrons. The third kappa shape index (κ3) is 6.99. The Balaban J connectivity index is 1.46. The molecule has 232 valence electrons. The third-order valence-electron chi connectivity index (χ3n) is 7.98. The number of imidazole rings is 1. The number of aryl methyl sites for hydroxylation is 1. The van der Waals surface area contributed by atoms with Crippen LogP contribution < -0.4 is 20.7 Å². The predicted molar refractivity (Wildman–Crippen MR) is 148 cm³/mol. The van der Waals surface area contributed by atoms with Crippen molar-refractivity contribution in [2.75, 3.05) is 11.9 Å². The first kappa shape index (κ1) is 30.5. The van der Waals surface area contributed by atoms with Gasteiger partial charge in [0, 0.05) is 25.0 Å². The number of nitrogens with zero attached hydrogens (tertiary/aromatic N) is 3. The van der Waals surface area contributed by atoms with Gasteiger partial charge in [0.2, 0.25) is 17.7 Å². The lowest BCUT2D eigenvalue weighted by molar-refractivity contribution is -0.137. The molecular weight excluding hydrogens is 575 g/mol. The maximum absolute atomic E-state index is 13.9. The summed E-state index contributed by atoms with van der Waals surface area (Å²) in [7, 11) is 1.48. The average molecular weight is 609 g/mol. The minimum absolute atomic E-state index is 0.0373. The second-order valence-corrected chi connectivity index (χ2v) is 11.4. The van der Waals surface area contributed by atoms with Crippen molar-refractivity contribution in [2.45, 2.75) is 77.1 Å². The normalized spacial score (nSPS) is 16.7. The molecule has 3 N–H and O–H groups in total. The number of hydrogen-bond acceptors (Lipinski definition) is 6. The number of amides is 2. The van der Waals surface area contributed by atoms with E-state index in [-0.39, 0.29) is 52.7 Å². The number of pyridine rings is 1. The highest BCUT2D eigenvalue weighted by molar-refractivity contribution is 5.99. The van der Waals surface area contributed by atoms with E-state index in [0.717, 1.165) is 51.0 Å². The van der Waals surface area contributed by atoms with Crippen LogP contribution >= 0.6 is 0 Å². The molecule has 2 saturated carbocycles. The van der Waals surface area contributed by atoms with E-state index in [9.17, 15) is 31.5 Å². The van der Waals surface area contributed by atoms with E-state index in [0.29, 0.717) is 5.56 Å². The summed E-state index contributed by atoms with van der Waals surface area (Å²) in [5.41, 5.74) is -1.09. The molecule has 0 unspecified atom stereocenters. The van der Waals surface area contributed by atoms with Crippen molar-refractivity contribution < 1.29 is 36.3 Å². The number of benzene rings is 1. The Bertz CT molecular complexity index is 1510. The van der Waals surface area contributed by atoms with Gasteiger partial charge in [0.05, 0.1) is 11.3 Å². The van der Waals surface area contributed by atoms with Crippen LogP contribution in [0.3, 0.4) is 0 Å². The summed E-state index contributed by atoms with van der Waals surface area (Å²) in [5.74, 6) is -1.07. The molecule has 2 amide bonds. The number of rotatable bonds is 10. The van der Waals surface area contributed by atoms with Gasteiger partial charge in [-0.3, -0.25) is 14.2 Å². The quantitative estimate of drug-likeness (QED) is 0.249. The Morgan fingerprint density at radius 1 is 1.12 bits per heavy atom. The first-order valence-corrected chi connectivity index (χ1v) is 14.2. The van der Waals surface area contributed by atoms with Crippen LogP contribution in [0.2, 0.25) is 0 Å². The van der Waals surface area contributed by atoms with Crippen molar-refractivity contribution in [3.05, 3.63) is 41.0 Å². The second kappa shape index (κ2) is 12.0. The van der Waals surface area contributed by atoms with Gasteiger partial charge in [-0.25, -0.2) is 13.8 Å². The van der Waals surface area contributed by atoms with Gasteiger partial charge in [0.25, 0.3) is 12.3 Å². The van der Waals surface area contributed by atoms with Gasteiger partial charge >= 0.3 is 6.18 Å². The Labute approximate surface area is 244 Å². The highest BCUT2D eigenvalue weighted by Crippen LogP contribution is 2.45. The molecule has 2 heterocycles. The van der Waals surface area contributed by atoms with Crippen LogP contribution in [0.4, 0.5) is 33.6 Å². The van der Waals surface area contributed by atoms with E-state index in [1.54, 1.807) is 0 Å². The summed E-state index contributed by atoms with van der Waals surface area (Å²) in [6, 6.07) is 4.76. The smallest absolute Gasteiger partial charge is 0.418 e. The zero-order valence-electron chi connectivity index (χ0n) is 23.8. The van der Waals surface area contributed by atoms with Crippen molar-refractivity contribution in [3.63, 3.8) is 0 Å². The van der Waals surface area contributed by atoms with E-state index >= 15 is 0 Å². The molecule has 0 aliphatic heterocycles. The number of fused-ring (bicyclic) bond motifs is 1. The summed E-state index contributed by atoms with van der Waals surface area (Å²) in [4.78, 5) is 34.1. The molecule has 0 spiro atoms. The molecule has 0 bridgehead atoms. The van der Waals surface area contributed by atoms with Crippen LogP contribution in [0.15, 0.2) is 24.3 Å². The minimum atomic E-state index is -4.70. The number of aromatic nitrogens is 3. The average Bonchev–Trinajstić information content (AvgIpc) is 3.65. The Morgan fingerprint density at radius 2 is 1.84 bits per heavy atom. The predicted octanol–water partition coefficient (Wildman–Crippen LogP) is 5.85. The zero-order chi connectivity index (χ0) is 30.9. The van der Waals surface area contributed by atoms with Crippen molar-refractivity contribution >= 4 is 34.6 Å². The van der Waals surface area contributed by atoms with Gasteiger partial charge in [0.15, 0.2) is 12.3 Å². The number of carbonyl (C=O) groups excluding carboxylic acids is 2. The van der Waals surface area contributed by atoms with Gasteiger partial charge < -0.3 is 20.7 Å². The number of alkyl halides is 5. The van der Waals surface area contributed by atoms with Crippen LogP contribution in [-0.2, 0) is 24.6 Å². The van der Waals surface area contributed by atoms with E-state index in [4.69, 9.17) is 4.74 Å². The lowest BCUT2D eigenvalue weighted by Crippen LogP contribution is -2.36. The van der Waals surface area contributed by atoms with Crippen LogP contribution in [0, 0.1) is 5.41 Å². The Kier molecular flexibility index (Phi) is 8.48. The molecule has 2 aliphatic carbocycles. The topological polar surface area (TPSA) is 110 Å². The fourth-order valence-corrected chi connectivity index (χ4v) is 5.11. The number of halogens is 5. The van der Waals surface area contributed by atoms with Crippen molar-refractivity contribution in [1.29, 1.82) is 0 Å². The second-order valence-electron chi connectivity index (χ2n) is 11.4. The molecule has 3 aromatic rings. The highest BCUT2D eigenvalue weighted by atomic mass is 19.4. The summed E-state index contributed by atoms with van der Waals surface area (Å²) in [6.45, 7) is 0.870. The molecule has 0 saturated heterocycles. The molecule has 5 rings (SSSR count). The van der Waals surface area contributed by atoms with Crippen LogP contribution in [0.25, 0.3) is 11.2 Å². The molecule has 1 aromatic carbocycles. The lowest BCUT2D eigenvalue weighted by Gasteiger charge is -2.23. The minimum Gasteiger partial charge on any atom is -0.471 e. The monoisotopic (exact) mass is 608 g/mol. The van der Waals surface area contributed by atoms with Gasteiger partial charge in [-0.1, -0.05) is 32.3 Å². The van der Waals surface area contributed by atoms with E-state index in [1.165, 1.54) is 29.8 Å². The first-order chi connectivity index (χ1) is 20.3. The summed E-state index contributed by atoms with van der Waals surface area (Å²) < 4.78 is 74.3. The van der Waals surface area contributed by atoms with Gasteiger partial charge in [-0.05, 0) is 49.4 Å². The van der Waals surface area contributed by atoms with Crippen LogP contribution in [0.1, 0.15) is 73.4 Å². The van der Waals surface area contributed by atoms with E-state index in [2.05, 4.69) is 25.9 Å². The molecule has 43 heavy (non-hydrogen) atoms. The largest absolute Gasteiger partial charge is 0.471 e. The van der Waals surface area contributed by atoms with Gasteiger partial charge in [-0.2, -0.15) is 18.2 Å². The van der Waals surface area contributed by atoms with Crippen LogP contribution in [-0.4, -0.2) is 45.4 Å². The third-order valence-corrected chi connectivity index (χ3v) is 7.98. The Hall–Kier alpha value is -3.97. The molecule has 0 atom stereocenters. The summed E-state index contributed by atoms with van der Waals surface area (Å²) >= 11 is 0. The Morgan fingerprint density at radius 3 is 2.49 bits per heavy atom. The number of nitrogens with one attached hydrogen (secondary N) is 3. The van der Waals surface area contributed by atoms with Crippen LogP contribution in [0.5, 0.6) is 5.88 Å². The number of anilines is 2. The fraction of sp³-hybridized carbons (Fsp3) is 0.517. The number of ether oxygens (including phenoxy) is 1. The SMILES string of the molecule is Cn1c(Nc2cc(CNC(=O)C3(C)CC3)ccc2C(F)(F)F)nc2cc(C(=O)NC3CCCCC3)c(OCC(F)F)nc21. The standard InChI is InChI=1S/C29H33F5N6O3/c1-28(10-11-28)26(42)35-14-16-8-9-19(29(32,33)34)20(12-16)37-27-38-21-13-18(24(41)36-17-6-4-3-5-7-17)25(43-15-22(30)31)39-23(21)40(27)2/h8-9,12-13,17,22H,3-7,10-11,14-15H2,1-2H3,(H,35,42)(H,36,41)(H,37,38). The fourth-order valence-electron chi connectivity index (χ4n) is 5.11. The number of hydrogen-bond donors (Lipinski definition) is 3. The highest BCUT2D eigenvalue weighted by Gasteiger charge is 2.44. The summed E-state index contributed by atoms with van der Waals surface area (Å²) in [5, 5.41) is 8.38. The van der Waals surface area contributed by atoms with E-state index in [1.807, 2.05) is 6.92 Å². The molecular formula is C29H33F5N6O3. The molecule has 2 aliphatic rings.